The van der Waals surface area contributed by atoms with Crippen molar-refractivity contribution < 1.29 is 4.79 Å². The fraction of sp³-hybridized carbons (Fsp3) is 0.429. The highest BCUT2D eigenvalue weighted by molar-refractivity contribution is 6.08. The molecule has 2 radical (unpaired) electrons. The average molecular weight is 257 g/mol. The smallest absolute Gasteiger partial charge is 0.222 e. The lowest BCUT2D eigenvalue weighted by molar-refractivity contribution is -0.117. The molecule has 1 rings (SSSR count). The summed E-state index contributed by atoms with van der Waals surface area (Å²) < 4.78 is 1.69. The van der Waals surface area contributed by atoms with Crippen molar-refractivity contribution >= 4 is 19.6 Å². The molecule has 0 spiro atoms. The van der Waals surface area contributed by atoms with Gasteiger partial charge in [-0.15, -0.1) is 0 Å². The number of amides is 1. The van der Waals surface area contributed by atoms with Crippen molar-refractivity contribution in [3.63, 3.8) is 0 Å². The molecule has 1 heterocycles. The van der Waals surface area contributed by atoms with Gasteiger partial charge in [-0.05, 0) is 37.0 Å². The molecule has 2 N–H and O–H groups in total. The molecule has 0 saturated heterocycles. The summed E-state index contributed by atoms with van der Waals surface area (Å²) in [6.07, 6.45) is 3.01. The Morgan fingerprint density at radius 2 is 2.11 bits per heavy atom. The Morgan fingerprint density at radius 3 is 2.58 bits per heavy atom. The molecule has 4 nitrogen and oxygen atoms in total. The second kappa shape index (κ2) is 6.41. The lowest BCUT2D eigenvalue weighted by Crippen LogP contribution is -2.31. The van der Waals surface area contributed by atoms with E-state index in [-0.39, 0.29) is 5.91 Å². The van der Waals surface area contributed by atoms with Crippen molar-refractivity contribution in [1.29, 1.82) is 5.41 Å². The van der Waals surface area contributed by atoms with Crippen LogP contribution in [-0.4, -0.2) is 18.3 Å². The number of carbonyl (C=O) groups is 1. The number of rotatable bonds is 4. The van der Waals surface area contributed by atoms with Crippen LogP contribution in [0.4, 0.5) is 0 Å². The summed E-state index contributed by atoms with van der Waals surface area (Å²) in [6.45, 7) is 7.29. The number of aromatic nitrogens is 1. The zero-order chi connectivity index (χ0) is 14.6. The number of allylic oxidation sites excluding steroid dienone is 1. The van der Waals surface area contributed by atoms with Crippen molar-refractivity contribution in [2.24, 2.45) is 0 Å². The van der Waals surface area contributed by atoms with Crippen molar-refractivity contribution in [3.8, 4) is 0 Å². The quantitative estimate of drug-likeness (QED) is 0.792. The van der Waals surface area contributed by atoms with Crippen LogP contribution in [0.2, 0.25) is 0 Å². The average Bonchev–Trinajstić information content (AvgIpc) is 2.38. The van der Waals surface area contributed by atoms with E-state index in [1.807, 2.05) is 26.8 Å². The zero-order valence-electron chi connectivity index (χ0n) is 12.0. The van der Waals surface area contributed by atoms with Crippen LogP contribution in [0.5, 0.6) is 0 Å². The molecule has 0 aromatic carbocycles. The molecule has 0 aliphatic carbocycles. The van der Waals surface area contributed by atoms with Crippen LogP contribution >= 0.6 is 0 Å². The fourth-order valence-corrected chi connectivity index (χ4v) is 1.80. The van der Waals surface area contributed by atoms with E-state index >= 15 is 0 Å². The van der Waals surface area contributed by atoms with Gasteiger partial charge in [0.05, 0.1) is 7.85 Å². The third-order valence-electron chi connectivity index (χ3n) is 3.02. The number of carbonyl (C=O) groups excluding carboxylic acids is 1. The summed E-state index contributed by atoms with van der Waals surface area (Å²) in [5, 5.41) is 11.0. The van der Waals surface area contributed by atoms with Gasteiger partial charge in [0, 0.05) is 13.1 Å². The standard InChI is InChI=1S/C14H20BN3O/c1-5-9(2)14(17-11(4)19)18-8-12(7-15)6-10(3)13(18)16/h6,8,16H,5,7H2,1-4H3,(H,17,19)/b14-9+,16-13?. The Morgan fingerprint density at radius 1 is 1.47 bits per heavy atom. The third kappa shape index (κ3) is 3.59. The summed E-state index contributed by atoms with van der Waals surface area (Å²) in [6, 6.07) is 1.89. The second-order valence-electron chi connectivity index (χ2n) is 4.62. The first-order valence-corrected chi connectivity index (χ1v) is 6.35. The number of aryl methyl sites for hydroxylation is 1. The van der Waals surface area contributed by atoms with Gasteiger partial charge in [-0.1, -0.05) is 19.3 Å². The first kappa shape index (κ1) is 15.3. The molecule has 1 aromatic rings. The van der Waals surface area contributed by atoms with Crippen LogP contribution in [0.15, 0.2) is 17.8 Å². The first-order valence-electron chi connectivity index (χ1n) is 6.35. The molecule has 0 bridgehead atoms. The van der Waals surface area contributed by atoms with E-state index < -0.39 is 0 Å². The van der Waals surface area contributed by atoms with Gasteiger partial charge in [0.15, 0.2) is 0 Å². The molecule has 0 aliphatic heterocycles. The Hall–Kier alpha value is -1.78. The summed E-state index contributed by atoms with van der Waals surface area (Å²) in [4.78, 5) is 11.4. The van der Waals surface area contributed by atoms with Gasteiger partial charge in [-0.3, -0.25) is 14.8 Å². The third-order valence-corrected chi connectivity index (χ3v) is 3.02. The van der Waals surface area contributed by atoms with Crippen molar-refractivity contribution in [1.82, 2.24) is 9.88 Å². The monoisotopic (exact) mass is 257 g/mol. The zero-order valence-corrected chi connectivity index (χ0v) is 12.0. The van der Waals surface area contributed by atoms with Crippen LogP contribution < -0.4 is 10.8 Å². The van der Waals surface area contributed by atoms with Crippen molar-refractivity contribution in [2.75, 3.05) is 0 Å². The van der Waals surface area contributed by atoms with Gasteiger partial charge in [-0.25, -0.2) is 0 Å². The molecular formula is C14H20BN3O. The Labute approximate surface area is 115 Å². The minimum atomic E-state index is -0.148. The highest BCUT2D eigenvalue weighted by Gasteiger charge is 2.09. The van der Waals surface area contributed by atoms with E-state index in [0.717, 1.165) is 23.1 Å². The molecule has 0 fully saturated rings. The lowest BCUT2D eigenvalue weighted by Gasteiger charge is -2.17. The van der Waals surface area contributed by atoms with Gasteiger partial charge in [0.1, 0.15) is 11.3 Å². The fourth-order valence-electron chi connectivity index (χ4n) is 1.80. The second-order valence-corrected chi connectivity index (χ2v) is 4.62. The molecule has 19 heavy (non-hydrogen) atoms. The highest BCUT2D eigenvalue weighted by Crippen LogP contribution is 2.11. The van der Waals surface area contributed by atoms with Gasteiger partial charge in [-0.2, -0.15) is 0 Å². The molecule has 5 heteroatoms. The lowest BCUT2D eigenvalue weighted by atomic mass is 9.97. The first-order chi connectivity index (χ1) is 8.90. The Bertz CT molecular complexity index is 573. The minimum Gasteiger partial charge on any atom is -0.312 e. The normalized spacial score (nSPS) is 12.0. The summed E-state index contributed by atoms with van der Waals surface area (Å²) >= 11 is 0. The maximum atomic E-state index is 11.4. The number of hydrogen-bond donors (Lipinski definition) is 2. The van der Waals surface area contributed by atoms with Crippen LogP contribution in [-0.2, 0) is 11.1 Å². The molecule has 100 valence electrons. The molecular weight excluding hydrogens is 237 g/mol. The van der Waals surface area contributed by atoms with Gasteiger partial charge in [0.2, 0.25) is 5.91 Å². The Balaban J connectivity index is 3.51. The van der Waals surface area contributed by atoms with Gasteiger partial charge >= 0.3 is 0 Å². The van der Waals surface area contributed by atoms with Crippen LogP contribution in [0.1, 0.15) is 38.3 Å². The highest BCUT2D eigenvalue weighted by atomic mass is 16.1. The van der Waals surface area contributed by atoms with Gasteiger partial charge in [0.25, 0.3) is 0 Å². The molecule has 0 aliphatic rings. The van der Waals surface area contributed by atoms with E-state index in [1.54, 1.807) is 10.8 Å². The van der Waals surface area contributed by atoms with Crippen LogP contribution in [0.3, 0.4) is 0 Å². The SMILES string of the molecule is [B]Cc1cc(C)c(=N)n(/C(NC(C)=O)=C(\C)CC)c1. The molecule has 1 aromatic heterocycles. The molecule has 0 saturated carbocycles. The topological polar surface area (TPSA) is 57.9 Å². The van der Waals surface area contributed by atoms with E-state index in [2.05, 4.69) is 5.32 Å². The van der Waals surface area contributed by atoms with E-state index in [1.165, 1.54) is 6.92 Å². The van der Waals surface area contributed by atoms with Crippen LogP contribution in [0, 0.1) is 12.3 Å². The summed E-state index contributed by atoms with van der Waals surface area (Å²) in [5.74, 6) is 0.504. The maximum absolute atomic E-state index is 11.4. The molecule has 0 unspecified atom stereocenters. The van der Waals surface area contributed by atoms with Crippen molar-refractivity contribution in [3.05, 3.63) is 34.5 Å². The predicted molar refractivity (Wildman–Crippen MR) is 77.5 cm³/mol. The molecule has 1 amide bonds. The maximum Gasteiger partial charge on any atom is 0.222 e. The van der Waals surface area contributed by atoms with E-state index in [0.29, 0.717) is 17.6 Å². The predicted octanol–water partition coefficient (Wildman–Crippen LogP) is 1.68. The number of nitrogens with one attached hydrogen (secondary N) is 2. The van der Waals surface area contributed by atoms with Gasteiger partial charge < -0.3 is 5.32 Å². The minimum absolute atomic E-state index is 0.148. The van der Waals surface area contributed by atoms with E-state index in [4.69, 9.17) is 13.3 Å². The summed E-state index contributed by atoms with van der Waals surface area (Å²) in [7, 11) is 5.67. The van der Waals surface area contributed by atoms with E-state index in [9.17, 15) is 4.79 Å². The van der Waals surface area contributed by atoms with Crippen molar-refractivity contribution in [2.45, 2.75) is 40.4 Å². The Kier molecular flexibility index (Phi) is 5.15. The molecule has 0 atom stereocenters. The number of hydrogen-bond acceptors (Lipinski definition) is 2. The van der Waals surface area contributed by atoms with Crippen LogP contribution in [0.25, 0.3) is 5.82 Å². The number of nitrogens with zero attached hydrogens (tertiary/aromatic N) is 1. The number of pyridine rings is 1. The largest absolute Gasteiger partial charge is 0.312 e. The summed E-state index contributed by atoms with van der Waals surface area (Å²) in [5.41, 5.74) is 3.13.